The van der Waals surface area contributed by atoms with Gasteiger partial charge in [-0.2, -0.15) is 0 Å². The number of carbonyl (C=O) groups is 1. The zero-order valence-electron chi connectivity index (χ0n) is 13.6. The second-order valence-corrected chi connectivity index (χ2v) is 5.26. The summed E-state index contributed by atoms with van der Waals surface area (Å²) in [5, 5.41) is 3.18. The first-order valence-corrected chi connectivity index (χ1v) is 7.51. The minimum absolute atomic E-state index is 0.0530. The Morgan fingerprint density at radius 1 is 1.29 bits per heavy atom. The maximum atomic E-state index is 12.3. The minimum atomic E-state index is -0.332. The Kier molecular flexibility index (Phi) is 6.34. The molecule has 1 aromatic rings. The summed E-state index contributed by atoms with van der Waals surface area (Å²) in [6.45, 7) is 11.1. The number of nitrogens with zero attached hydrogens (tertiary/aromatic N) is 1. The van der Waals surface area contributed by atoms with E-state index in [0.717, 1.165) is 5.69 Å². The van der Waals surface area contributed by atoms with Gasteiger partial charge in [-0.25, -0.2) is 0 Å². The number of nitrogens with one attached hydrogen (secondary N) is 1. The molecule has 0 radical (unpaired) electrons. The lowest BCUT2D eigenvalue weighted by Crippen LogP contribution is -2.41. The number of hydrogen-bond acceptors (Lipinski definition) is 4. The highest BCUT2D eigenvalue weighted by Gasteiger charge is 2.19. The van der Waals surface area contributed by atoms with E-state index in [4.69, 9.17) is 10.5 Å². The maximum Gasteiger partial charge on any atom is 0.244 e. The number of carbonyl (C=O) groups excluding carboxylic acids is 1. The topological polar surface area (TPSA) is 67.6 Å². The van der Waals surface area contributed by atoms with Crippen molar-refractivity contribution in [2.24, 2.45) is 0 Å². The van der Waals surface area contributed by atoms with Gasteiger partial charge >= 0.3 is 0 Å². The monoisotopic (exact) mass is 293 g/mol. The van der Waals surface area contributed by atoms with Gasteiger partial charge in [-0.05, 0) is 46.8 Å². The second kappa shape index (κ2) is 7.76. The van der Waals surface area contributed by atoms with Crippen LogP contribution in [0.5, 0.6) is 5.75 Å². The normalized spacial score (nSPS) is 12.1. The molecule has 21 heavy (non-hydrogen) atoms. The van der Waals surface area contributed by atoms with Crippen LogP contribution in [0.1, 0.15) is 34.6 Å². The molecule has 5 nitrogen and oxygen atoms in total. The third kappa shape index (κ3) is 4.55. The summed E-state index contributed by atoms with van der Waals surface area (Å²) in [7, 11) is 0. The van der Waals surface area contributed by atoms with Gasteiger partial charge in [0.2, 0.25) is 5.91 Å². The predicted octanol–water partition coefficient (Wildman–Crippen LogP) is 2.72. The quantitative estimate of drug-likeness (QED) is 0.759. The van der Waals surface area contributed by atoms with E-state index in [1.165, 1.54) is 0 Å². The number of hydrogen-bond donors (Lipinski definition) is 2. The summed E-state index contributed by atoms with van der Waals surface area (Å²) in [5.74, 6) is 0.701. The molecule has 0 aromatic heterocycles. The largest absolute Gasteiger partial charge is 0.489 e. The van der Waals surface area contributed by atoms with Gasteiger partial charge in [-0.15, -0.1) is 0 Å². The van der Waals surface area contributed by atoms with Crippen molar-refractivity contribution in [1.29, 1.82) is 0 Å². The number of amides is 1. The molecule has 0 spiro atoms. The molecular weight excluding hydrogens is 266 g/mol. The molecule has 5 heteroatoms. The zero-order valence-corrected chi connectivity index (χ0v) is 13.6. The molecule has 0 aliphatic rings. The van der Waals surface area contributed by atoms with Gasteiger partial charge in [0.1, 0.15) is 11.8 Å². The molecule has 3 N–H and O–H groups in total. The average molecular weight is 293 g/mol. The number of nitrogens with two attached hydrogens (primary N) is 1. The molecule has 0 aliphatic heterocycles. The molecule has 0 saturated carbocycles. The standard InChI is InChI=1S/C16H27N3O2/c1-6-19(7-2)16(20)12(5)18-13-9-8-10-14(15(13)17)21-11(3)4/h8-12,18H,6-7,17H2,1-5H3. The number of ether oxygens (including phenoxy) is 1. The average Bonchev–Trinajstić information content (AvgIpc) is 2.43. The van der Waals surface area contributed by atoms with Gasteiger partial charge in [0, 0.05) is 13.1 Å². The highest BCUT2D eigenvalue weighted by molar-refractivity contribution is 5.86. The molecule has 118 valence electrons. The molecule has 1 amide bonds. The Morgan fingerprint density at radius 3 is 2.43 bits per heavy atom. The Hall–Kier alpha value is -1.91. The van der Waals surface area contributed by atoms with Crippen molar-refractivity contribution in [2.75, 3.05) is 24.1 Å². The Morgan fingerprint density at radius 2 is 1.90 bits per heavy atom. The first kappa shape index (κ1) is 17.1. The van der Waals surface area contributed by atoms with Crippen molar-refractivity contribution < 1.29 is 9.53 Å². The second-order valence-electron chi connectivity index (χ2n) is 5.26. The van der Waals surface area contributed by atoms with Crippen molar-refractivity contribution in [1.82, 2.24) is 4.90 Å². The van der Waals surface area contributed by atoms with E-state index in [-0.39, 0.29) is 18.1 Å². The summed E-state index contributed by atoms with van der Waals surface area (Å²) in [6, 6.07) is 5.22. The maximum absolute atomic E-state index is 12.3. The molecule has 0 bridgehead atoms. The van der Waals surface area contributed by atoms with Crippen LogP contribution in [0.15, 0.2) is 18.2 Å². The minimum Gasteiger partial charge on any atom is -0.489 e. The van der Waals surface area contributed by atoms with Gasteiger partial charge in [0.25, 0.3) is 0 Å². The number of nitrogen functional groups attached to an aromatic ring is 1. The molecular formula is C16H27N3O2. The molecule has 0 fully saturated rings. The van der Waals surface area contributed by atoms with Gasteiger partial charge < -0.3 is 20.7 Å². The van der Waals surface area contributed by atoms with Crippen molar-refractivity contribution in [3.8, 4) is 5.75 Å². The van der Waals surface area contributed by atoms with Crippen molar-refractivity contribution in [3.63, 3.8) is 0 Å². The van der Waals surface area contributed by atoms with Crippen LogP contribution in [0, 0.1) is 0 Å². The summed E-state index contributed by atoms with van der Waals surface area (Å²) in [5.41, 5.74) is 7.36. The molecule has 0 heterocycles. The highest BCUT2D eigenvalue weighted by Crippen LogP contribution is 2.30. The van der Waals surface area contributed by atoms with E-state index in [1.807, 2.05) is 52.8 Å². The van der Waals surface area contributed by atoms with Crippen LogP contribution >= 0.6 is 0 Å². The summed E-state index contributed by atoms with van der Waals surface area (Å²) in [6.07, 6.45) is 0.0530. The van der Waals surface area contributed by atoms with E-state index in [9.17, 15) is 4.79 Å². The highest BCUT2D eigenvalue weighted by atomic mass is 16.5. The predicted molar refractivity (Wildman–Crippen MR) is 87.6 cm³/mol. The third-order valence-electron chi connectivity index (χ3n) is 3.25. The Balaban J connectivity index is 2.85. The molecule has 1 rings (SSSR count). The molecule has 1 atom stereocenters. The van der Waals surface area contributed by atoms with Crippen LogP contribution in [0.25, 0.3) is 0 Å². The number of para-hydroxylation sites is 1. The smallest absolute Gasteiger partial charge is 0.244 e. The lowest BCUT2D eigenvalue weighted by Gasteiger charge is -2.25. The zero-order chi connectivity index (χ0) is 16.0. The molecule has 0 saturated heterocycles. The SMILES string of the molecule is CCN(CC)C(=O)C(C)Nc1cccc(OC(C)C)c1N. The van der Waals surface area contributed by atoms with Crippen molar-refractivity contribution >= 4 is 17.3 Å². The first-order valence-electron chi connectivity index (χ1n) is 7.51. The van der Waals surface area contributed by atoms with Gasteiger partial charge in [0.05, 0.1) is 17.5 Å². The van der Waals surface area contributed by atoms with Crippen LogP contribution in [-0.4, -0.2) is 36.0 Å². The van der Waals surface area contributed by atoms with Crippen LogP contribution in [-0.2, 0) is 4.79 Å². The lowest BCUT2D eigenvalue weighted by molar-refractivity contribution is -0.131. The fraction of sp³-hybridized carbons (Fsp3) is 0.562. The number of likely N-dealkylation sites (N-methyl/N-ethyl adjacent to an activating group) is 1. The number of rotatable bonds is 7. The Labute approximate surface area is 127 Å². The number of benzene rings is 1. The Bertz CT molecular complexity index is 471. The van der Waals surface area contributed by atoms with Crippen LogP contribution in [0.2, 0.25) is 0 Å². The van der Waals surface area contributed by atoms with Gasteiger partial charge in [0.15, 0.2) is 0 Å². The first-order chi connectivity index (χ1) is 9.90. The fourth-order valence-electron chi connectivity index (χ4n) is 2.13. The van der Waals surface area contributed by atoms with E-state index in [0.29, 0.717) is 24.5 Å². The summed E-state index contributed by atoms with van der Waals surface area (Å²) < 4.78 is 5.66. The van der Waals surface area contributed by atoms with Crippen molar-refractivity contribution in [3.05, 3.63) is 18.2 Å². The van der Waals surface area contributed by atoms with E-state index < -0.39 is 0 Å². The molecule has 0 aliphatic carbocycles. The van der Waals surface area contributed by atoms with E-state index in [2.05, 4.69) is 5.32 Å². The van der Waals surface area contributed by atoms with E-state index in [1.54, 1.807) is 4.90 Å². The summed E-state index contributed by atoms with van der Waals surface area (Å²) in [4.78, 5) is 14.1. The molecule has 1 unspecified atom stereocenters. The van der Waals surface area contributed by atoms with Crippen LogP contribution in [0.3, 0.4) is 0 Å². The third-order valence-corrected chi connectivity index (χ3v) is 3.25. The van der Waals surface area contributed by atoms with Crippen LogP contribution < -0.4 is 15.8 Å². The van der Waals surface area contributed by atoms with Crippen molar-refractivity contribution in [2.45, 2.75) is 46.8 Å². The van der Waals surface area contributed by atoms with E-state index >= 15 is 0 Å². The summed E-state index contributed by atoms with van der Waals surface area (Å²) >= 11 is 0. The van der Waals surface area contributed by atoms with Crippen LogP contribution in [0.4, 0.5) is 11.4 Å². The van der Waals surface area contributed by atoms with Gasteiger partial charge in [-0.1, -0.05) is 6.07 Å². The molecule has 1 aromatic carbocycles. The van der Waals surface area contributed by atoms with Gasteiger partial charge in [-0.3, -0.25) is 4.79 Å². The number of anilines is 2. The fourth-order valence-corrected chi connectivity index (χ4v) is 2.13. The lowest BCUT2D eigenvalue weighted by atomic mass is 10.2.